The maximum atomic E-state index is 6.30. The minimum Gasteiger partial charge on any atom is -0.465 e. The van der Waals surface area contributed by atoms with Crippen LogP contribution >= 0.6 is 0 Å². The second kappa shape index (κ2) is 11.4. The van der Waals surface area contributed by atoms with Crippen LogP contribution in [0.5, 0.6) is 11.5 Å². The molecule has 0 atom stereocenters. The summed E-state index contributed by atoms with van der Waals surface area (Å²) in [6.45, 7) is 14.3. The molecule has 0 aliphatic rings. The maximum Gasteiger partial charge on any atom is 0.188 e. The molecule has 35 heavy (non-hydrogen) atoms. The van der Waals surface area contributed by atoms with Gasteiger partial charge in [-0.25, -0.2) is 0 Å². The first kappa shape index (κ1) is 27.0. The van der Waals surface area contributed by atoms with Crippen molar-refractivity contribution in [3.05, 3.63) is 66.7 Å². The highest BCUT2D eigenvalue weighted by molar-refractivity contribution is 6.90. The first-order valence-corrected chi connectivity index (χ1v) is 18.9. The highest BCUT2D eigenvalue weighted by Crippen LogP contribution is 2.44. The van der Waals surface area contributed by atoms with E-state index in [0.29, 0.717) is 0 Å². The fourth-order valence-corrected chi connectivity index (χ4v) is 7.06. The van der Waals surface area contributed by atoms with Crippen LogP contribution in [0.15, 0.2) is 66.7 Å². The summed E-state index contributed by atoms with van der Waals surface area (Å²) in [7, 11) is -0.163. The van der Waals surface area contributed by atoms with Gasteiger partial charge in [0.05, 0.1) is 27.5 Å². The Labute approximate surface area is 212 Å². The molecule has 0 aliphatic carbocycles. The van der Waals surface area contributed by atoms with Gasteiger partial charge < -0.3 is 23.8 Å². The quantitative estimate of drug-likeness (QED) is 0.227. The molecule has 188 valence electrons. The minimum atomic E-state index is -1.73. The topological polar surface area (TPSA) is 40.2 Å². The third-order valence-electron chi connectivity index (χ3n) is 5.74. The zero-order chi connectivity index (χ0) is 25.6. The highest BCUT2D eigenvalue weighted by atomic mass is 28.3. The van der Waals surface area contributed by atoms with E-state index in [2.05, 4.69) is 105 Å². The van der Waals surface area contributed by atoms with Crippen LogP contribution in [-0.2, 0) is 9.47 Å². The standard InChI is InChI=1S/C28H39NO4Si2/c1-30-20-32-27-23(16-12-18-25(27)34(3,4)5)29(22-14-10-9-11-15-22)24-17-13-19-26(35(6,7)8)28(24)33-21-31-2/h9-19H,20-21H2,1-8H3. The largest absolute Gasteiger partial charge is 0.465 e. The van der Waals surface area contributed by atoms with Gasteiger partial charge in [-0.1, -0.05) is 81.7 Å². The molecule has 0 saturated carbocycles. The van der Waals surface area contributed by atoms with E-state index in [9.17, 15) is 0 Å². The zero-order valence-electron chi connectivity index (χ0n) is 22.3. The number of hydrogen-bond donors (Lipinski definition) is 0. The number of nitrogens with zero attached hydrogens (tertiary/aromatic N) is 1. The van der Waals surface area contributed by atoms with Crippen molar-refractivity contribution in [3.8, 4) is 11.5 Å². The summed E-state index contributed by atoms with van der Waals surface area (Å²) in [5.41, 5.74) is 2.95. The monoisotopic (exact) mass is 509 g/mol. The number of rotatable bonds is 11. The molecule has 3 rings (SSSR count). The molecule has 0 fully saturated rings. The lowest BCUT2D eigenvalue weighted by Crippen LogP contribution is -2.40. The predicted molar refractivity (Wildman–Crippen MR) is 152 cm³/mol. The van der Waals surface area contributed by atoms with Crippen molar-refractivity contribution in [1.29, 1.82) is 0 Å². The summed E-state index contributed by atoms with van der Waals surface area (Å²) in [6.07, 6.45) is 0. The zero-order valence-corrected chi connectivity index (χ0v) is 24.3. The van der Waals surface area contributed by atoms with Gasteiger partial charge in [-0.15, -0.1) is 0 Å². The van der Waals surface area contributed by atoms with E-state index in [-0.39, 0.29) is 13.6 Å². The molecule has 0 aliphatic heterocycles. The molecule has 0 bridgehead atoms. The van der Waals surface area contributed by atoms with Crippen molar-refractivity contribution < 1.29 is 18.9 Å². The molecular weight excluding hydrogens is 470 g/mol. The average molecular weight is 510 g/mol. The SMILES string of the molecule is COCOc1c(N(c2ccccc2)c2cccc([Si](C)(C)C)c2OCOC)cccc1[Si](C)(C)C. The Morgan fingerprint density at radius 1 is 0.571 bits per heavy atom. The Kier molecular flexibility index (Phi) is 8.82. The van der Waals surface area contributed by atoms with Crippen LogP contribution in [-0.4, -0.2) is 44.0 Å². The van der Waals surface area contributed by atoms with E-state index in [1.54, 1.807) is 14.2 Å². The Hall–Kier alpha value is -2.59. The summed E-state index contributed by atoms with van der Waals surface area (Å²) in [5.74, 6) is 1.71. The normalized spacial score (nSPS) is 11.9. The van der Waals surface area contributed by atoms with E-state index in [4.69, 9.17) is 18.9 Å². The minimum absolute atomic E-state index is 0.180. The van der Waals surface area contributed by atoms with Crippen LogP contribution in [0.1, 0.15) is 0 Å². The maximum absolute atomic E-state index is 6.30. The number of para-hydroxylation sites is 3. The summed E-state index contributed by atoms with van der Waals surface area (Å²) in [6, 6.07) is 23.2. The Morgan fingerprint density at radius 2 is 1.00 bits per heavy atom. The van der Waals surface area contributed by atoms with Crippen LogP contribution < -0.4 is 24.7 Å². The molecule has 3 aromatic rings. The van der Waals surface area contributed by atoms with Gasteiger partial charge in [-0.05, 0) is 34.6 Å². The molecule has 0 unspecified atom stereocenters. The van der Waals surface area contributed by atoms with Gasteiger partial charge >= 0.3 is 0 Å². The van der Waals surface area contributed by atoms with Gasteiger partial charge in [0.2, 0.25) is 0 Å². The smallest absolute Gasteiger partial charge is 0.188 e. The van der Waals surface area contributed by atoms with Crippen LogP contribution in [0.2, 0.25) is 39.3 Å². The van der Waals surface area contributed by atoms with Gasteiger partial charge in [0, 0.05) is 19.9 Å². The van der Waals surface area contributed by atoms with Gasteiger partial charge in [0.1, 0.15) is 11.5 Å². The summed E-state index contributed by atoms with van der Waals surface area (Å²) in [4.78, 5) is 2.24. The fraction of sp³-hybridized carbons (Fsp3) is 0.357. The van der Waals surface area contributed by atoms with E-state index in [0.717, 1.165) is 28.6 Å². The second-order valence-electron chi connectivity index (χ2n) is 10.6. The van der Waals surface area contributed by atoms with Crippen LogP contribution in [0.25, 0.3) is 0 Å². The van der Waals surface area contributed by atoms with Gasteiger partial charge in [0.15, 0.2) is 13.6 Å². The summed E-state index contributed by atoms with van der Waals surface area (Å²) in [5, 5.41) is 2.49. The Morgan fingerprint density at radius 3 is 1.37 bits per heavy atom. The third-order valence-corrected chi connectivity index (χ3v) is 9.76. The number of methoxy groups -OCH3 is 2. The molecule has 3 aromatic carbocycles. The number of hydrogen-bond acceptors (Lipinski definition) is 5. The van der Waals surface area contributed by atoms with Crippen LogP contribution in [0.3, 0.4) is 0 Å². The van der Waals surface area contributed by atoms with Crippen LogP contribution in [0, 0.1) is 0 Å². The fourth-order valence-electron chi connectivity index (χ4n) is 4.11. The van der Waals surface area contributed by atoms with Crippen molar-refractivity contribution in [3.63, 3.8) is 0 Å². The number of anilines is 3. The van der Waals surface area contributed by atoms with Crippen molar-refractivity contribution in [1.82, 2.24) is 0 Å². The predicted octanol–water partition coefficient (Wildman–Crippen LogP) is 6.21. The van der Waals surface area contributed by atoms with Crippen molar-refractivity contribution in [2.24, 2.45) is 0 Å². The molecule has 0 aromatic heterocycles. The molecule has 0 saturated heterocycles. The molecule has 0 radical (unpaired) electrons. The van der Waals surface area contributed by atoms with E-state index in [1.807, 2.05) is 6.07 Å². The molecule has 5 nitrogen and oxygen atoms in total. The highest BCUT2D eigenvalue weighted by Gasteiger charge is 2.30. The molecule has 7 heteroatoms. The van der Waals surface area contributed by atoms with E-state index in [1.165, 1.54) is 10.4 Å². The van der Waals surface area contributed by atoms with E-state index >= 15 is 0 Å². The molecule has 0 amide bonds. The molecule has 0 N–H and O–H groups in total. The van der Waals surface area contributed by atoms with Crippen molar-refractivity contribution in [2.75, 3.05) is 32.7 Å². The molecule has 0 spiro atoms. The first-order chi connectivity index (χ1) is 16.6. The van der Waals surface area contributed by atoms with Crippen molar-refractivity contribution in [2.45, 2.75) is 39.3 Å². The molecular formula is C28H39NO4Si2. The second-order valence-corrected chi connectivity index (χ2v) is 20.7. The number of benzene rings is 3. The third kappa shape index (κ3) is 6.35. The van der Waals surface area contributed by atoms with Crippen LogP contribution in [0.4, 0.5) is 17.1 Å². The van der Waals surface area contributed by atoms with E-state index < -0.39 is 16.1 Å². The van der Waals surface area contributed by atoms with Crippen molar-refractivity contribution >= 4 is 43.6 Å². The lowest BCUT2D eigenvalue weighted by Gasteiger charge is -2.33. The van der Waals surface area contributed by atoms with Gasteiger partial charge in [-0.3, -0.25) is 0 Å². The average Bonchev–Trinajstić information content (AvgIpc) is 2.81. The summed E-state index contributed by atoms with van der Waals surface area (Å²) < 4.78 is 23.3. The van der Waals surface area contributed by atoms with Gasteiger partial charge in [0.25, 0.3) is 0 Å². The first-order valence-electron chi connectivity index (χ1n) is 11.9. The lowest BCUT2D eigenvalue weighted by atomic mass is 10.1. The Bertz CT molecular complexity index is 1040. The lowest BCUT2D eigenvalue weighted by molar-refractivity contribution is 0.0518. The summed E-state index contributed by atoms with van der Waals surface area (Å²) >= 11 is 0. The Balaban J connectivity index is 2.37. The van der Waals surface area contributed by atoms with Gasteiger partial charge in [-0.2, -0.15) is 0 Å². The number of ether oxygens (including phenoxy) is 4. The molecule has 0 heterocycles.